The fourth-order valence-electron chi connectivity index (χ4n) is 0.901. The monoisotopic (exact) mass is 160 g/mol. The summed E-state index contributed by atoms with van der Waals surface area (Å²) >= 11 is 2.06. The lowest BCUT2D eigenvalue weighted by atomic mass is 10.1. The zero-order valence-corrected chi connectivity index (χ0v) is 8.93. The minimum Gasteiger partial charge on any atom is -0.150 e. The molecule has 0 aromatic rings. The highest BCUT2D eigenvalue weighted by molar-refractivity contribution is 8.01. The van der Waals surface area contributed by atoms with E-state index < -0.39 is 0 Å². The van der Waals surface area contributed by atoms with E-state index in [9.17, 15) is 0 Å². The van der Waals surface area contributed by atoms with Gasteiger partial charge in [-0.05, 0) is 6.42 Å². The third-order valence-electron chi connectivity index (χ3n) is 1.43. The lowest BCUT2D eigenvalue weighted by molar-refractivity contribution is 0.662. The van der Waals surface area contributed by atoms with E-state index in [-0.39, 0.29) is 0 Å². The summed E-state index contributed by atoms with van der Waals surface area (Å²) in [7, 11) is 0. The van der Waals surface area contributed by atoms with Crippen molar-refractivity contribution in [1.29, 1.82) is 0 Å². The molecule has 0 rings (SSSR count). The first-order valence-electron chi connectivity index (χ1n) is 3.97. The van der Waals surface area contributed by atoms with Gasteiger partial charge in [0.05, 0.1) is 0 Å². The van der Waals surface area contributed by atoms with Crippen molar-refractivity contribution < 1.29 is 0 Å². The molecule has 0 aliphatic carbocycles. The minimum absolute atomic E-state index is 0.402. The topological polar surface area (TPSA) is 0 Å². The molecule has 10 heavy (non-hydrogen) atoms. The van der Waals surface area contributed by atoms with Gasteiger partial charge in [0.25, 0.3) is 0 Å². The Morgan fingerprint density at radius 3 is 1.50 bits per heavy atom. The molecule has 0 saturated heterocycles. The first kappa shape index (κ1) is 10.3. The SMILES string of the molecule is CCC(C)(C)SC(C)(C)C. The van der Waals surface area contributed by atoms with Crippen LogP contribution in [0.15, 0.2) is 0 Å². The molecule has 0 radical (unpaired) electrons. The maximum Gasteiger partial charge on any atom is 0.0106 e. The molecule has 0 spiro atoms. The van der Waals surface area contributed by atoms with Gasteiger partial charge in [-0.25, -0.2) is 0 Å². The van der Waals surface area contributed by atoms with E-state index in [2.05, 4.69) is 53.3 Å². The van der Waals surface area contributed by atoms with Gasteiger partial charge in [-0.15, -0.1) is 11.8 Å². The van der Waals surface area contributed by atoms with E-state index in [1.165, 1.54) is 6.42 Å². The van der Waals surface area contributed by atoms with Crippen LogP contribution < -0.4 is 0 Å². The Hall–Kier alpha value is 0.350. The van der Waals surface area contributed by atoms with Crippen LogP contribution in [0.3, 0.4) is 0 Å². The Morgan fingerprint density at radius 2 is 1.40 bits per heavy atom. The van der Waals surface area contributed by atoms with E-state index in [0.29, 0.717) is 9.49 Å². The van der Waals surface area contributed by atoms with E-state index >= 15 is 0 Å². The zero-order valence-electron chi connectivity index (χ0n) is 8.12. The van der Waals surface area contributed by atoms with Gasteiger partial charge in [0.2, 0.25) is 0 Å². The summed E-state index contributed by atoms with van der Waals surface area (Å²) in [6.07, 6.45) is 1.24. The van der Waals surface area contributed by atoms with Crippen molar-refractivity contribution in [3.05, 3.63) is 0 Å². The van der Waals surface area contributed by atoms with Gasteiger partial charge in [0, 0.05) is 9.49 Å². The van der Waals surface area contributed by atoms with Crippen molar-refractivity contribution in [1.82, 2.24) is 0 Å². The van der Waals surface area contributed by atoms with Crippen molar-refractivity contribution in [2.24, 2.45) is 0 Å². The second kappa shape index (κ2) is 3.17. The molecular formula is C9H20S. The molecule has 1 heteroatoms. The van der Waals surface area contributed by atoms with Crippen LogP contribution in [0.1, 0.15) is 48.0 Å². The van der Waals surface area contributed by atoms with Crippen LogP contribution in [-0.2, 0) is 0 Å². The normalized spacial score (nSPS) is 13.8. The Balaban J connectivity index is 3.89. The number of hydrogen-bond donors (Lipinski definition) is 0. The summed E-state index contributed by atoms with van der Waals surface area (Å²) in [5.74, 6) is 0. The summed E-state index contributed by atoms with van der Waals surface area (Å²) in [5, 5.41) is 0. The predicted molar refractivity (Wildman–Crippen MR) is 51.7 cm³/mol. The number of thioether (sulfide) groups is 1. The summed E-state index contributed by atoms with van der Waals surface area (Å²) in [6, 6.07) is 0. The molecule has 0 aliphatic rings. The van der Waals surface area contributed by atoms with Gasteiger partial charge in [0.1, 0.15) is 0 Å². The van der Waals surface area contributed by atoms with E-state index in [1.54, 1.807) is 0 Å². The minimum atomic E-state index is 0.402. The first-order chi connectivity index (χ1) is 4.27. The Morgan fingerprint density at radius 1 is 1.00 bits per heavy atom. The van der Waals surface area contributed by atoms with Crippen LogP contribution in [0, 0.1) is 0 Å². The average Bonchev–Trinajstić information content (AvgIpc) is 1.60. The third-order valence-corrected chi connectivity index (χ3v) is 2.89. The Kier molecular flexibility index (Phi) is 3.28. The van der Waals surface area contributed by atoms with Crippen LogP contribution in [0.5, 0.6) is 0 Å². The second-order valence-corrected chi connectivity index (χ2v) is 6.86. The molecule has 62 valence electrons. The van der Waals surface area contributed by atoms with E-state index in [0.717, 1.165) is 0 Å². The average molecular weight is 160 g/mol. The fourth-order valence-corrected chi connectivity index (χ4v) is 2.70. The summed E-state index contributed by atoms with van der Waals surface area (Å²) < 4.78 is 0.845. The zero-order chi connectivity index (χ0) is 8.41. The van der Waals surface area contributed by atoms with Gasteiger partial charge in [0.15, 0.2) is 0 Å². The molecule has 0 nitrogen and oxygen atoms in total. The highest BCUT2D eigenvalue weighted by atomic mass is 32.2. The molecule has 0 atom stereocenters. The van der Waals surface area contributed by atoms with Crippen LogP contribution >= 0.6 is 11.8 Å². The molecule has 0 bridgehead atoms. The second-order valence-electron chi connectivity index (χ2n) is 4.33. The Bertz CT molecular complexity index is 97.8. The van der Waals surface area contributed by atoms with Crippen molar-refractivity contribution in [2.75, 3.05) is 0 Å². The van der Waals surface area contributed by atoms with Crippen molar-refractivity contribution in [3.63, 3.8) is 0 Å². The molecule has 0 aliphatic heterocycles. The van der Waals surface area contributed by atoms with Crippen molar-refractivity contribution >= 4 is 11.8 Å². The van der Waals surface area contributed by atoms with Gasteiger partial charge < -0.3 is 0 Å². The van der Waals surface area contributed by atoms with Crippen molar-refractivity contribution in [2.45, 2.75) is 57.5 Å². The smallest absolute Gasteiger partial charge is 0.0106 e. The van der Waals surface area contributed by atoms with E-state index in [4.69, 9.17) is 0 Å². The quantitative estimate of drug-likeness (QED) is 0.593. The van der Waals surface area contributed by atoms with Crippen LogP contribution in [-0.4, -0.2) is 9.49 Å². The van der Waals surface area contributed by atoms with Gasteiger partial charge in [-0.1, -0.05) is 41.5 Å². The molecular weight excluding hydrogens is 140 g/mol. The van der Waals surface area contributed by atoms with Gasteiger partial charge >= 0.3 is 0 Å². The Labute approximate surface area is 69.8 Å². The molecule has 0 fully saturated rings. The standard InChI is InChI=1S/C9H20S/c1-7-9(5,6)10-8(2,3)4/h7H2,1-6H3. The van der Waals surface area contributed by atoms with E-state index in [1.807, 2.05) is 0 Å². The molecule has 0 unspecified atom stereocenters. The van der Waals surface area contributed by atoms with Gasteiger partial charge in [-0.3, -0.25) is 0 Å². The first-order valence-corrected chi connectivity index (χ1v) is 4.79. The molecule has 0 aromatic heterocycles. The molecule has 0 amide bonds. The van der Waals surface area contributed by atoms with Gasteiger partial charge in [-0.2, -0.15) is 0 Å². The summed E-state index contributed by atoms with van der Waals surface area (Å²) in [4.78, 5) is 0. The summed E-state index contributed by atoms with van der Waals surface area (Å²) in [5.41, 5.74) is 0. The number of rotatable bonds is 2. The van der Waals surface area contributed by atoms with Crippen LogP contribution in [0.2, 0.25) is 0 Å². The largest absolute Gasteiger partial charge is 0.150 e. The van der Waals surface area contributed by atoms with Crippen LogP contribution in [0.25, 0.3) is 0 Å². The number of hydrogen-bond acceptors (Lipinski definition) is 1. The third kappa shape index (κ3) is 5.16. The highest BCUT2D eigenvalue weighted by Crippen LogP contribution is 2.37. The maximum absolute atomic E-state index is 2.31. The van der Waals surface area contributed by atoms with Crippen molar-refractivity contribution in [3.8, 4) is 0 Å². The summed E-state index contributed by atoms with van der Waals surface area (Å²) in [6.45, 7) is 13.7. The van der Waals surface area contributed by atoms with Crippen LogP contribution in [0.4, 0.5) is 0 Å². The molecule has 0 N–H and O–H groups in total. The lowest BCUT2D eigenvalue weighted by Gasteiger charge is -2.30. The maximum atomic E-state index is 2.31. The predicted octanol–water partition coefficient (Wildman–Crippen LogP) is 3.71. The molecule has 0 saturated carbocycles. The fraction of sp³-hybridized carbons (Fsp3) is 1.00. The highest BCUT2D eigenvalue weighted by Gasteiger charge is 2.23. The molecule has 0 aromatic carbocycles. The lowest BCUT2D eigenvalue weighted by Crippen LogP contribution is -2.22. The molecule has 0 heterocycles.